The molecular weight excluding hydrogens is 282 g/mol. The van der Waals surface area contributed by atoms with Gasteiger partial charge in [0.15, 0.2) is 11.0 Å². The maximum absolute atomic E-state index is 4.56. The van der Waals surface area contributed by atoms with Crippen molar-refractivity contribution in [2.24, 2.45) is 0 Å². The first kappa shape index (κ1) is 13.6. The number of anilines is 2. The maximum Gasteiger partial charge on any atom is 0.194 e. The predicted octanol–water partition coefficient (Wildman–Crippen LogP) is 3.71. The number of H-pyrrole nitrogens is 1. The first-order valence-electron chi connectivity index (χ1n) is 6.56. The Morgan fingerprint density at radius 3 is 2.67 bits per heavy atom. The van der Waals surface area contributed by atoms with E-state index in [4.69, 9.17) is 0 Å². The van der Waals surface area contributed by atoms with E-state index in [1.165, 1.54) is 11.8 Å². The van der Waals surface area contributed by atoms with Crippen LogP contribution in [0.25, 0.3) is 0 Å². The fraction of sp³-hybridized carbons (Fsp3) is 0.133. The predicted molar refractivity (Wildman–Crippen MR) is 83.9 cm³/mol. The molecule has 0 unspecified atom stereocenters. The van der Waals surface area contributed by atoms with Crippen LogP contribution < -0.4 is 5.32 Å². The molecule has 2 heterocycles. The smallest absolute Gasteiger partial charge is 0.194 e. The molecular formula is C15H15N5S. The summed E-state index contributed by atoms with van der Waals surface area (Å²) in [5.41, 5.74) is 1.98. The van der Waals surface area contributed by atoms with Crippen molar-refractivity contribution in [1.29, 1.82) is 0 Å². The van der Waals surface area contributed by atoms with Crippen molar-refractivity contribution in [2.75, 3.05) is 5.32 Å². The zero-order valence-corrected chi connectivity index (χ0v) is 12.6. The molecule has 5 nitrogen and oxygen atoms in total. The second-order valence-electron chi connectivity index (χ2n) is 4.66. The molecule has 21 heavy (non-hydrogen) atoms. The molecule has 0 radical (unpaired) electrons. The number of hydrogen-bond acceptors (Lipinski definition) is 5. The highest BCUT2D eigenvalue weighted by Gasteiger charge is 2.07. The number of hydrogen-bond donors (Lipinski definition) is 2. The monoisotopic (exact) mass is 297 g/mol. The van der Waals surface area contributed by atoms with Crippen molar-refractivity contribution in [3.8, 4) is 0 Å². The van der Waals surface area contributed by atoms with Crippen LogP contribution >= 0.6 is 11.8 Å². The largest absolute Gasteiger partial charge is 0.323 e. The zero-order chi connectivity index (χ0) is 14.7. The summed E-state index contributed by atoms with van der Waals surface area (Å²) in [4.78, 5) is 10.0. The molecule has 0 aliphatic rings. The summed E-state index contributed by atoms with van der Waals surface area (Å²) >= 11 is 1.54. The third kappa shape index (κ3) is 3.41. The molecule has 106 valence electrons. The lowest BCUT2D eigenvalue weighted by atomic mass is 10.3. The van der Waals surface area contributed by atoms with E-state index in [-0.39, 0.29) is 0 Å². The van der Waals surface area contributed by atoms with Gasteiger partial charge in [-0.3, -0.25) is 5.10 Å². The van der Waals surface area contributed by atoms with Crippen molar-refractivity contribution in [1.82, 2.24) is 20.2 Å². The summed E-state index contributed by atoms with van der Waals surface area (Å²) in [7, 11) is 0. The van der Waals surface area contributed by atoms with Crippen LogP contribution in [-0.4, -0.2) is 20.2 Å². The summed E-state index contributed by atoms with van der Waals surface area (Å²) in [5.74, 6) is 1.53. The second-order valence-corrected chi connectivity index (χ2v) is 5.70. The average molecular weight is 297 g/mol. The summed E-state index contributed by atoms with van der Waals surface area (Å²) in [5, 5.41) is 11.0. The highest BCUT2D eigenvalue weighted by molar-refractivity contribution is 7.99. The van der Waals surface area contributed by atoms with Crippen LogP contribution in [0.4, 0.5) is 11.6 Å². The van der Waals surface area contributed by atoms with Crippen LogP contribution in [0.3, 0.4) is 0 Å². The lowest BCUT2D eigenvalue weighted by Gasteiger charge is -2.07. The van der Waals surface area contributed by atoms with Crippen LogP contribution in [0.1, 0.15) is 11.3 Å². The van der Waals surface area contributed by atoms with Gasteiger partial charge >= 0.3 is 0 Å². The van der Waals surface area contributed by atoms with E-state index in [1.807, 2.05) is 56.4 Å². The van der Waals surface area contributed by atoms with E-state index in [0.717, 1.165) is 27.8 Å². The molecule has 0 aliphatic heterocycles. The first-order valence-corrected chi connectivity index (χ1v) is 7.38. The van der Waals surface area contributed by atoms with Gasteiger partial charge in [-0.2, -0.15) is 5.10 Å². The number of nitrogens with one attached hydrogen (secondary N) is 2. The van der Waals surface area contributed by atoms with Gasteiger partial charge in [-0.1, -0.05) is 18.2 Å². The third-order valence-electron chi connectivity index (χ3n) is 2.85. The van der Waals surface area contributed by atoms with Gasteiger partial charge < -0.3 is 5.32 Å². The van der Waals surface area contributed by atoms with Gasteiger partial charge in [0.25, 0.3) is 0 Å². The number of aromatic amines is 1. The molecule has 0 bridgehead atoms. The zero-order valence-electron chi connectivity index (χ0n) is 11.8. The van der Waals surface area contributed by atoms with E-state index in [0.29, 0.717) is 5.16 Å². The number of benzene rings is 1. The Labute approximate surface area is 127 Å². The minimum atomic E-state index is 0.710. The van der Waals surface area contributed by atoms with Gasteiger partial charge in [-0.25, -0.2) is 9.97 Å². The summed E-state index contributed by atoms with van der Waals surface area (Å²) in [6.07, 6.45) is 1.82. The summed E-state index contributed by atoms with van der Waals surface area (Å²) in [6.45, 7) is 3.93. The molecule has 0 saturated carbocycles. The standard InChI is InChI=1S/C15H15N5S/c1-10-9-16-15(21-12-6-4-3-5-7-12)18-14(10)17-13-8-11(2)19-20-13/h3-9H,1-2H3,(H2,16,17,18,19,20). The molecule has 2 N–H and O–H groups in total. The number of rotatable bonds is 4. The molecule has 0 atom stereocenters. The maximum atomic E-state index is 4.56. The molecule has 0 amide bonds. The molecule has 0 saturated heterocycles. The highest BCUT2D eigenvalue weighted by Crippen LogP contribution is 2.26. The van der Waals surface area contributed by atoms with Gasteiger partial charge in [0.05, 0.1) is 0 Å². The van der Waals surface area contributed by atoms with Crippen LogP contribution in [0.15, 0.2) is 52.6 Å². The average Bonchev–Trinajstić information content (AvgIpc) is 2.89. The van der Waals surface area contributed by atoms with E-state index < -0.39 is 0 Å². The van der Waals surface area contributed by atoms with Crippen LogP contribution in [0.5, 0.6) is 0 Å². The van der Waals surface area contributed by atoms with E-state index in [1.54, 1.807) is 0 Å². The number of aromatic nitrogens is 4. The quantitative estimate of drug-likeness (QED) is 0.719. The fourth-order valence-corrected chi connectivity index (χ4v) is 2.55. The molecule has 0 spiro atoms. The molecule has 0 aliphatic carbocycles. The highest BCUT2D eigenvalue weighted by atomic mass is 32.2. The Morgan fingerprint density at radius 2 is 1.95 bits per heavy atom. The van der Waals surface area contributed by atoms with Crippen molar-refractivity contribution >= 4 is 23.4 Å². The third-order valence-corrected chi connectivity index (χ3v) is 3.74. The summed E-state index contributed by atoms with van der Waals surface area (Å²) in [6, 6.07) is 12.0. The SMILES string of the molecule is Cc1cc(Nc2nc(Sc3ccccc3)ncc2C)n[nH]1. The van der Waals surface area contributed by atoms with Crippen LogP contribution in [0.2, 0.25) is 0 Å². The number of nitrogens with zero attached hydrogens (tertiary/aromatic N) is 3. The van der Waals surface area contributed by atoms with E-state index in [9.17, 15) is 0 Å². The lowest BCUT2D eigenvalue weighted by Crippen LogP contribution is -1.99. The first-order chi connectivity index (χ1) is 10.2. The normalized spacial score (nSPS) is 10.6. The van der Waals surface area contributed by atoms with E-state index in [2.05, 4.69) is 25.5 Å². The molecule has 0 fully saturated rings. The van der Waals surface area contributed by atoms with Crippen molar-refractivity contribution < 1.29 is 0 Å². The molecule has 3 rings (SSSR count). The van der Waals surface area contributed by atoms with Gasteiger partial charge in [0.2, 0.25) is 0 Å². The van der Waals surface area contributed by atoms with Crippen LogP contribution in [-0.2, 0) is 0 Å². The lowest BCUT2D eigenvalue weighted by molar-refractivity contribution is 0.952. The van der Waals surface area contributed by atoms with Gasteiger partial charge in [0.1, 0.15) is 5.82 Å². The Bertz CT molecular complexity index is 739. The van der Waals surface area contributed by atoms with Crippen LogP contribution in [0, 0.1) is 13.8 Å². The van der Waals surface area contributed by atoms with Crippen molar-refractivity contribution in [3.05, 3.63) is 53.9 Å². The van der Waals surface area contributed by atoms with Crippen molar-refractivity contribution in [3.63, 3.8) is 0 Å². The van der Waals surface area contributed by atoms with Gasteiger partial charge in [-0.15, -0.1) is 0 Å². The van der Waals surface area contributed by atoms with Crippen molar-refractivity contribution in [2.45, 2.75) is 23.9 Å². The summed E-state index contributed by atoms with van der Waals surface area (Å²) < 4.78 is 0. The Morgan fingerprint density at radius 1 is 1.14 bits per heavy atom. The molecule has 3 aromatic rings. The van der Waals surface area contributed by atoms with E-state index >= 15 is 0 Å². The number of aryl methyl sites for hydroxylation is 2. The minimum Gasteiger partial charge on any atom is -0.323 e. The van der Waals surface area contributed by atoms with Gasteiger partial charge in [-0.05, 0) is 37.7 Å². The Balaban J connectivity index is 1.82. The fourth-order valence-electron chi connectivity index (χ4n) is 1.80. The Hall–Kier alpha value is -2.34. The molecule has 6 heteroatoms. The second kappa shape index (κ2) is 5.97. The molecule has 2 aromatic heterocycles. The topological polar surface area (TPSA) is 66.5 Å². The minimum absolute atomic E-state index is 0.710. The molecule has 1 aromatic carbocycles. The van der Waals surface area contributed by atoms with Gasteiger partial charge in [0, 0.05) is 28.4 Å². The Kier molecular flexibility index (Phi) is 3.87.